The molecule has 3 heteroatoms. The zero-order chi connectivity index (χ0) is 11.4. The van der Waals surface area contributed by atoms with Gasteiger partial charge in [-0.05, 0) is 38.0 Å². The van der Waals surface area contributed by atoms with Gasteiger partial charge in [0.15, 0.2) is 0 Å². The lowest BCUT2D eigenvalue weighted by molar-refractivity contribution is -0.118. The first-order chi connectivity index (χ1) is 6.99. The van der Waals surface area contributed by atoms with Crippen LogP contribution in [0.5, 0.6) is 0 Å². The number of primary amides is 1. The van der Waals surface area contributed by atoms with E-state index in [1.807, 2.05) is 6.92 Å². The lowest BCUT2D eigenvalue weighted by Gasteiger charge is -2.34. The molecule has 0 aromatic carbocycles. The summed E-state index contributed by atoms with van der Waals surface area (Å²) in [5, 5.41) is 3.50. The van der Waals surface area contributed by atoms with E-state index in [4.69, 9.17) is 5.73 Å². The molecule has 0 radical (unpaired) electrons. The molecule has 0 aromatic heterocycles. The summed E-state index contributed by atoms with van der Waals surface area (Å²) in [6, 6.07) is 0.790. The number of amides is 1. The molecule has 4 unspecified atom stereocenters. The molecule has 0 spiro atoms. The summed E-state index contributed by atoms with van der Waals surface area (Å²) < 4.78 is 0. The van der Waals surface area contributed by atoms with E-state index >= 15 is 0 Å². The van der Waals surface area contributed by atoms with E-state index in [1.165, 1.54) is 19.3 Å². The van der Waals surface area contributed by atoms with Crippen LogP contribution >= 0.6 is 0 Å². The van der Waals surface area contributed by atoms with Gasteiger partial charge in [-0.3, -0.25) is 4.79 Å². The van der Waals surface area contributed by atoms with Crippen molar-refractivity contribution >= 4 is 5.91 Å². The van der Waals surface area contributed by atoms with Crippen LogP contribution in [0.15, 0.2) is 0 Å². The van der Waals surface area contributed by atoms with E-state index in [1.54, 1.807) is 0 Å². The predicted molar refractivity (Wildman–Crippen MR) is 62.4 cm³/mol. The fourth-order valence-electron chi connectivity index (χ4n) is 2.46. The van der Waals surface area contributed by atoms with Crippen LogP contribution in [0.1, 0.15) is 46.5 Å². The van der Waals surface area contributed by atoms with Gasteiger partial charge >= 0.3 is 0 Å². The molecule has 3 nitrogen and oxygen atoms in total. The quantitative estimate of drug-likeness (QED) is 0.744. The highest BCUT2D eigenvalue weighted by atomic mass is 16.1. The molecule has 1 fully saturated rings. The number of carbonyl (C=O) groups excluding carboxylic acids is 1. The Morgan fingerprint density at radius 2 is 2.07 bits per heavy atom. The molecule has 1 aliphatic carbocycles. The summed E-state index contributed by atoms with van der Waals surface area (Å²) >= 11 is 0. The van der Waals surface area contributed by atoms with Gasteiger partial charge < -0.3 is 11.1 Å². The number of nitrogens with one attached hydrogen (secondary N) is 1. The summed E-state index contributed by atoms with van der Waals surface area (Å²) in [4.78, 5) is 10.8. The molecular formula is C12H24N2O. The third-order valence-electron chi connectivity index (χ3n) is 3.63. The third-order valence-corrected chi connectivity index (χ3v) is 3.63. The van der Waals surface area contributed by atoms with E-state index in [-0.39, 0.29) is 11.9 Å². The van der Waals surface area contributed by atoms with E-state index in [2.05, 4.69) is 19.2 Å². The second kappa shape index (κ2) is 5.50. The first-order valence-electron chi connectivity index (χ1n) is 6.03. The van der Waals surface area contributed by atoms with Gasteiger partial charge in [0.25, 0.3) is 0 Å². The van der Waals surface area contributed by atoms with Gasteiger partial charge in [0.2, 0.25) is 5.91 Å². The molecule has 1 amide bonds. The normalized spacial score (nSPS) is 33.7. The summed E-state index contributed by atoms with van der Waals surface area (Å²) in [5.74, 6) is 1.42. The first-order valence-corrected chi connectivity index (χ1v) is 6.03. The zero-order valence-corrected chi connectivity index (χ0v) is 10.1. The minimum Gasteiger partial charge on any atom is -0.370 e. The molecule has 1 saturated carbocycles. The van der Waals surface area contributed by atoms with Crippen LogP contribution < -0.4 is 11.1 Å². The first kappa shape index (κ1) is 12.5. The van der Waals surface area contributed by atoms with E-state index in [0.29, 0.717) is 12.5 Å². The monoisotopic (exact) mass is 212 g/mol. The van der Waals surface area contributed by atoms with Crippen LogP contribution in [-0.2, 0) is 4.79 Å². The summed E-state index contributed by atoms with van der Waals surface area (Å²) in [5.41, 5.74) is 5.17. The van der Waals surface area contributed by atoms with Crippen molar-refractivity contribution in [2.75, 3.05) is 0 Å². The molecule has 3 N–H and O–H groups in total. The highest BCUT2D eigenvalue weighted by molar-refractivity contribution is 5.74. The SMILES string of the molecule is CC(CC(N)=O)NC1CCC(C)C(C)C1. The molecule has 88 valence electrons. The molecule has 0 aromatic rings. The van der Waals surface area contributed by atoms with Gasteiger partial charge in [0, 0.05) is 18.5 Å². The Hall–Kier alpha value is -0.570. The van der Waals surface area contributed by atoms with Gasteiger partial charge in [-0.25, -0.2) is 0 Å². The Kier molecular flexibility index (Phi) is 4.58. The average Bonchev–Trinajstić information content (AvgIpc) is 2.10. The third kappa shape index (κ3) is 4.20. The number of nitrogens with two attached hydrogens (primary N) is 1. The van der Waals surface area contributed by atoms with Gasteiger partial charge in [-0.2, -0.15) is 0 Å². The molecule has 15 heavy (non-hydrogen) atoms. The summed E-state index contributed by atoms with van der Waals surface area (Å²) in [6.45, 7) is 6.68. The molecule has 0 heterocycles. The smallest absolute Gasteiger partial charge is 0.218 e. The van der Waals surface area contributed by atoms with Gasteiger partial charge in [0.05, 0.1) is 0 Å². The van der Waals surface area contributed by atoms with Crippen molar-refractivity contribution < 1.29 is 4.79 Å². The van der Waals surface area contributed by atoms with E-state index < -0.39 is 0 Å². The number of hydrogen-bond donors (Lipinski definition) is 2. The standard InChI is InChI=1S/C12H24N2O/c1-8-4-5-11(6-9(8)2)14-10(3)7-12(13)15/h8-11,14H,4-7H2,1-3H3,(H2,13,15). The maximum Gasteiger partial charge on any atom is 0.218 e. The van der Waals surface area contributed by atoms with Crippen LogP contribution in [0.25, 0.3) is 0 Å². The Morgan fingerprint density at radius 3 is 2.60 bits per heavy atom. The Bertz CT molecular complexity index is 218. The van der Waals surface area contributed by atoms with Crippen LogP contribution in [-0.4, -0.2) is 18.0 Å². The van der Waals surface area contributed by atoms with Gasteiger partial charge in [-0.1, -0.05) is 13.8 Å². The summed E-state index contributed by atoms with van der Waals surface area (Å²) in [7, 11) is 0. The largest absolute Gasteiger partial charge is 0.370 e. The van der Waals surface area contributed by atoms with Crippen molar-refractivity contribution in [3.05, 3.63) is 0 Å². The second-order valence-electron chi connectivity index (χ2n) is 5.20. The van der Waals surface area contributed by atoms with Crippen molar-refractivity contribution in [3.63, 3.8) is 0 Å². The molecule has 0 saturated heterocycles. The van der Waals surface area contributed by atoms with Gasteiger partial charge in [-0.15, -0.1) is 0 Å². The predicted octanol–water partition coefficient (Wildman–Crippen LogP) is 1.66. The van der Waals surface area contributed by atoms with Crippen molar-refractivity contribution in [2.45, 2.75) is 58.5 Å². The topological polar surface area (TPSA) is 55.1 Å². The van der Waals surface area contributed by atoms with Crippen LogP contribution in [0.3, 0.4) is 0 Å². The molecule has 0 bridgehead atoms. The van der Waals surface area contributed by atoms with Crippen LogP contribution in [0, 0.1) is 11.8 Å². The second-order valence-corrected chi connectivity index (χ2v) is 5.20. The van der Waals surface area contributed by atoms with Crippen LogP contribution in [0.2, 0.25) is 0 Å². The molecule has 4 atom stereocenters. The number of hydrogen-bond acceptors (Lipinski definition) is 2. The van der Waals surface area contributed by atoms with Crippen molar-refractivity contribution in [2.24, 2.45) is 17.6 Å². The Labute approximate surface area is 92.8 Å². The highest BCUT2D eigenvalue weighted by Crippen LogP contribution is 2.29. The minimum atomic E-state index is -0.216. The maximum absolute atomic E-state index is 10.8. The van der Waals surface area contributed by atoms with Crippen LogP contribution in [0.4, 0.5) is 0 Å². The maximum atomic E-state index is 10.8. The highest BCUT2D eigenvalue weighted by Gasteiger charge is 2.25. The van der Waals surface area contributed by atoms with Crippen molar-refractivity contribution in [3.8, 4) is 0 Å². The Morgan fingerprint density at radius 1 is 1.40 bits per heavy atom. The van der Waals surface area contributed by atoms with Crippen molar-refractivity contribution in [1.82, 2.24) is 5.32 Å². The van der Waals surface area contributed by atoms with Crippen molar-refractivity contribution in [1.29, 1.82) is 0 Å². The van der Waals surface area contributed by atoms with Gasteiger partial charge in [0.1, 0.15) is 0 Å². The molecular weight excluding hydrogens is 188 g/mol. The number of rotatable bonds is 4. The van der Waals surface area contributed by atoms with E-state index in [9.17, 15) is 4.79 Å². The fraction of sp³-hybridized carbons (Fsp3) is 0.917. The molecule has 1 rings (SSSR count). The van der Waals surface area contributed by atoms with E-state index in [0.717, 1.165) is 11.8 Å². The lowest BCUT2D eigenvalue weighted by Crippen LogP contribution is -2.42. The molecule has 0 aliphatic heterocycles. The minimum absolute atomic E-state index is 0.216. The average molecular weight is 212 g/mol. The zero-order valence-electron chi connectivity index (χ0n) is 10.1. The molecule has 1 aliphatic rings. The lowest BCUT2D eigenvalue weighted by atomic mass is 9.79. The fourth-order valence-corrected chi connectivity index (χ4v) is 2.46. The Balaban J connectivity index is 2.30. The number of carbonyl (C=O) groups is 1. The summed E-state index contributed by atoms with van der Waals surface area (Å²) in [6.07, 6.45) is 4.20.